The van der Waals surface area contributed by atoms with E-state index in [0.717, 1.165) is 17.4 Å². The van der Waals surface area contributed by atoms with Crippen LogP contribution >= 0.6 is 0 Å². The number of phenolic OH excluding ortho intramolecular Hbond substituents is 1. The maximum absolute atomic E-state index is 10.5. The molecular formula is C16H16O5. The lowest BCUT2D eigenvalue weighted by Crippen LogP contribution is -2.09. The molecular weight excluding hydrogens is 272 g/mol. The van der Waals surface area contributed by atoms with E-state index in [1.54, 1.807) is 0 Å². The number of aromatic hydroxyl groups is 1. The van der Waals surface area contributed by atoms with Crippen molar-refractivity contribution in [2.75, 3.05) is 26.4 Å². The third kappa shape index (κ3) is 2.75. The molecule has 2 saturated heterocycles. The van der Waals surface area contributed by atoms with E-state index in [9.17, 15) is 5.11 Å². The summed E-state index contributed by atoms with van der Waals surface area (Å²) in [7, 11) is 0. The van der Waals surface area contributed by atoms with Crippen LogP contribution < -0.4 is 9.47 Å². The van der Waals surface area contributed by atoms with Crippen LogP contribution in [0.4, 0.5) is 0 Å². The predicted octanol–water partition coefficient (Wildman–Crippen LogP) is 2.10. The molecule has 2 unspecified atom stereocenters. The molecule has 110 valence electrons. The van der Waals surface area contributed by atoms with Crippen LogP contribution in [-0.4, -0.2) is 43.7 Å². The number of phenols is 1. The molecule has 4 rings (SSSR count). The Kier molecular flexibility index (Phi) is 3.09. The number of rotatable bonds is 6. The Hall–Kier alpha value is -1.98. The second kappa shape index (κ2) is 5.09. The van der Waals surface area contributed by atoms with Crippen molar-refractivity contribution in [1.29, 1.82) is 0 Å². The van der Waals surface area contributed by atoms with Crippen LogP contribution in [0.1, 0.15) is 0 Å². The largest absolute Gasteiger partial charge is 0.504 e. The Balaban J connectivity index is 1.68. The van der Waals surface area contributed by atoms with E-state index in [1.807, 2.05) is 30.3 Å². The highest BCUT2D eigenvalue weighted by atomic mass is 16.6. The zero-order chi connectivity index (χ0) is 14.2. The predicted molar refractivity (Wildman–Crippen MR) is 76.1 cm³/mol. The van der Waals surface area contributed by atoms with Crippen molar-refractivity contribution in [2.24, 2.45) is 0 Å². The van der Waals surface area contributed by atoms with E-state index in [0.29, 0.717) is 31.3 Å². The molecule has 2 aliphatic rings. The van der Waals surface area contributed by atoms with Gasteiger partial charge >= 0.3 is 0 Å². The Labute approximate surface area is 122 Å². The molecule has 0 saturated carbocycles. The summed E-state index contributed by atoms with van der Waals surface area (Å²) in [5, 5.41) is 12.1. The molecule has 2 heterocycles. The fourth-order valence-corrected chi connectivity index (χ4v) is 2.22. The van der Waals surface area contributed by atoms with Crippen molar-refractivity contribution in [2.45, 2.75) is 12.2 Å². The average Bonchev–Trinajstić information content (AvgIpc) is 3.37. The van der Waals surface area contributed by atoms with Crippen LogP contribution in [0, 0.1) is 0 Å². The SMILES string of the molecule is Oc1c(OCC2CO2)c(OCC2CO2)cc2ccccc12. The first-order valence-corrected chi connectivity index (χ1v) is 7.05. The maximum atomic E-state index is 10.5. The molecule has 0 radical (unpaired) electrons. The number of benzene rings is 2. The van der Waals surface area contributed by atoms with Crippen molar-refractivity contribution in [1.82, 2.24) is 0 Å². The summed E-state index contributed by atoms with van der Waals surface area (Å²) in [4.78, 5) is 0. The van der Waals surface area contributed by atoms with Gasteiger partial charge in [-0.3, -0.25) is 0 Å². The van der Waals surface area contributed by atoms with E-state index < -0.39 is 0 Å². The van der Waals surface area contributed by atoms with E-state index >= 15 is 0 Å². The van der Waals surface area contributed by atoms with Crippen LogP contribution in [0.15, 0.2) is 30.3 Å². The minimum absolute atomic E-state index is 0.112. The van der Waals surface area contributed by atoms with Crippen molar-refractivity contribution < 1.29 is 24.1 Å². The molecule has 2 fully saturated rings. The normalized spacial score (nSPS) is 23.0. The number of fused-ring (bicyclic) bond motifs is 1. The van der Waals surface area contributed by atoms with Crippen LogP contribution in [0.2, 0.25) is 0 Å². The van der Waals surface area contributed by atoms with E-state index in [1.165, 1.54) is 0 Å². The first-order valence-electron chi connectivity index (χ1n) is 7.05. The first-order chi connectivity index (χ1) is 10.3. The lowest BCUT2D eigenvalue weighted by molar-refractivity contribution is 0.222. The quantitative estimate of drug-likeness (QED) is 0.825. The third-order valence-electron chi connectivity index (χ3n) is 3.58. The zero-order valence-corrected chi connectivity index (χ0v) is 11.5. The van der Waals surface area contributed by atoms with Gasteiger partial charge in [-0.15, -0.1) is 0 Å². The molecule has 0 aromatic heterocycles. The third-order valence-corrected chi connectivity index (χ3v) is 3.58. The standard InChI is InChI=1S/C16H16O5/c17-15-13-4-2-1-3-10(13)5-14(20-8-11-6-18-11)16(15)21-9-12-7-19-12/h1-5,11-12,17H,6-9H2. The molecule has 2 atom stereocenters. The van der Waals surface area contributed by atoms with Gasteiger partial charge in [-0.1, -0.05) is 24.3 Å². The maximum Gasteiger partial charge on any atom is 0.204 e. The number of ether oxygens (including phenoxy) is 4. The van der Waals surface area contributed by atoms with Crippen molar-refractivity contribution in [3.05, 3.63) is 30.3 Å². The van der Waals surface area contributed by atoms with Gasteiger partial charge in [-0.25, -0.2) is 0 Å². The van der Waals surface area contributed by atoms with Gasteiger partial charge in [-0.2, -0.15) is 0 Å². The molecule has 0 amide bonds. The molecule has 5 heteroatoms. The van der Waals surface area contributed by atoms with E-state index in [-0.39, 0.29) is 18.0 Å². The molecule has 0 spiro atoms. The Morgan fingerprint density at radius 1 is 1.05 bits per heavy atom. The van der Waals surface area contributed by atoms with Gasteiger partial charge in [0.05, 0.1) is 13.2 Å². The van der Waals surface area contributed by atoms with Crippen molar-refractivity contribution in [3.63, 3.8) is 0 Å². The van der Waals surface area contributed by atoms with Crippen LogP contribution in [0.3, 0.4) is 0 Å². The van der Waals surface area contributed by atoms with Gasteiger partial charge in [0.25, 0.3) is 0 Å². The fraction of sp³-hybridized carbons (Fsp3) is 0.375. The summed E-state index contributed by atoms with van der Waals surface area (Å²) in [6.45, 7) is 2.32. The van der Waals surface area contributed by atoms with Crippen molar-refractivity contribution in [3.8, 4) is 17.2 Å². The molecule has 2 aromatic rings. The van der Waals surface area contributed by atoms with E-state index in [2.05, 4.69) is 0 Å². The van der Waals surface area contributed by atoms with Crippen LogP contribution in [-0.2, 0) is 9.47 Å². The summed E-state index contributed by atoms with van der Waals surface area (Å²) >= 11 is 0. The second-order valence-corrected chi connectivity index (χ2v) is 5.31. The van der Waals surface area contributed by atoms with Crippen molar-refractivity contribution >= 4 is 10.8 Å². The van der Waals surface area contributed by atoms with E-state index in [4.69, 9.17) is 18.9 Å². The summed E-state index contributed by atoms with van der Waals surface area (Å²) < 4.78 is 21.7. The number of hydrogen-bond acceptors (Lipinski definition) is 5. The highest BCUT2D eigenvalue weighted by Crippen LogP contribution is 2.43. The monoisotopic (exact) mass is 288 g/mol. The van der Waals surface area contributed by atoms with Crippen LogP contribution in [0.25, 0.3) is 10.8 Å². The van der Waals surface area contributed by atoms with Gasteiger partial charge in [0.2, 0.25) is 5.75 Å². The average molecular weight is 288 g/mol. The molecule has 0 aliphatic carbocycles. The summed E-state index contributed by atoms with van der Waals surface area (Å²) in [6.07, 6.45) is 0.272. The van der Waals surface area contributed by atoms with Gasteiger partial charge in [0.15, 0.2) is 11.5 Å². The highest BCUT2D eigenvalue weighted by molar-refractivity contribution is 5.92. The Morgan fingerprint density at radius 3 is 2.43 bits per heavy atom. The Bertz CT molecular complexity index is 661. The molecule has 1 N–H and O–H groups in total. The van der Waals surface area contributed by atoms with Gasteiger partial charge in [0, 0.05) is 5.39 Å². The second-order valence-electron chi connectivity index (χ2n) is 5.31. The molecule has 5 nitrogen and oxygen atoms in total. The minimum atomic E-state index is 0.112. The Morgan fingerprint density at radius 2 is 1.71 bits per heavy atom. The summed E-state index contributed by atoms with van der Waals surface area (Å²) in [5.74, 6) is 1.03. The fourth-order valence-electron chi connectivity index (χ4n) is 2.22. The lowest BCUT2D eigenvalue weighted by atomic mass is 10.1. The number of epoxide rings is 2. The lowest BCUT2D eigenvalue weighted by Gasteiger charge is -2.15. The van der Waals surface area contributed by atoms with Gasteiger partial charge in [0.1, 0.15) is 25.4 Å². The summed E-state index contributed by atoms with van der Waals surface area (Å²) in [6, 6.07) is 9.49. The topological polar surface area (TPSA) is 63.8 Å². The van der Waals surface area contributed by atoms with Crippen LogP contribution in [0.5, 0.6) is 17.2 Å². The molecule has 2 aliphatic heterocycles. The zero-order valence-electron chi connectivity index (χ0n) is 11.5. The summed E-state index contributed by atoms with van der Waals surface area (Å²) in [5.41, 5.74) is 0. The number of hydrogen-bond donors (Lipinski definition) is 1. The molecule has 0 bridgehead atoms. The van der Waals surface area contributed by atoms with Gasteiger partial charge in [-0.05, 0) is 11.5 Å². The first kappa shape index (κ1) is 12.7. The molecule has 2 aromatic carbocycles. The smallest absolute Gasteiger partial charge is 0.204 e. The minimum Gasteiger partial charge on any atom is -0.504 e. The highest BCUT2D eigenvalue weighted by Gasteiger charge is 2.27. The molecule has 21 heavy (non-hydrogen) atoms. The van der Waals surface area contributed by atoms with Gasteiger partial charge < -0.3 is 24.1 Å².